The molecule has 0 aliphatic rings. The first kappa shape index (κ1) is 12.7. The molecule has 0 saturated carbocycles. The maximum absolute atomic E-state index is 13.3. The molecule has 3 N–H and O–H groups in total. The Balaban J connectivity index is 2.65. The van der Waals surface area contributed by atoms with E-state index in [9.17, 15) is 22.0 Å². The van der Waals surface area contributed by atoms with E-state index in [1.54, 1.807) is 0 Å². The average molecular weight is 265 g/mol. The number of nitrogens with zero attached hydrogens (tertiary/aromatic N) is 1. The number of aromatic amines is 1. The molecule has 2 rings (SSSR count). The van der Waals surface area contributed by atoms with Crippen molar-refractivity contribution in [3.63, 3.8) is 0 Å². The molecular formula is C10H8F5N3. The van der Waals surface area contributed by atoms with Gasteiger partial charge in [0, 0.05) is 0 Å². The number of aromatic nitrogens is 2. The summed E-state index contributed by atoms with van der Waals surface area (Å²) in [6, 6.07) is 1.89. The third-order valence-electron chi connectivity index (χ3n) is 2.63. The number of benzene rings is 1. The lowest BCUT2D eigenvalue weighted by Gasteiger charge is -2.24. The molecule has 0 amide bonds. The summed E-state index contributed by atoms with van der Waals surface area (Å²) in [6.45, 7) is 0.693. The van der Waals surface area contributed by atoms with Crippen molar-refractivity contribution in [3.8, 4) is 0 Å². The SMILES string of the molecule is CC(N)(c1nc2c(F)c(F)ccc2[nH]1)C(F)(F)F. The Kier molecular flexibility index (Phi) is 2.58. The van der Waals surface area contributed by atoms with Gasteiger partial charge in [0.1, 0.15) is 11.3 Å². The van der Waals surface area contributed by atoms with Crippen LogP contribution in [0.15, 0.2) is 12.1 Å². The fraction of sp³-hybridized carbons (Fsp3) is 0.300. The van der Waals surface area contributed by atoms with E-state index in [4.69, 9.17) is 5.73 Å². The van der Waals surface area contributed by atoms with Crippen molar-refractivity contribution in [2.75, 3.05) is 0 Å². The van der Waals surface area contributed by atoms with Crippen molar-refractivity contribution in [2.45, 2.75) is 18.6 Å². The molecule has 1 aromatic heterocycles. The van der Waals surface area contributed by atoms with Crippen LogP contribution in [0.3, 0.4) is 0 Å². The molecule has 0 radical (unpaired) electrons. The Morgan fingerprint density at radius 2 is 1.83 bits per heavy atom. The van der Waals surface area contributed by atoms with E-state index in [1.807, 2.05) is 0 Å². The summed E-state index contributed by atoms with van der Waals surface area (Å²) in [6.07, 6.45) is -4.77. The third-order valence-corrected chi connectivity index (χ3v) is 2.63. The number of hydrogen-bond donors (Lipinski definition) is 2. The zero-order chi connectivity index (χ0) is 13.7. The number of nitrogens with two attached hydrogens (primary N) is 1. The second-order valence-electron chi connectivity index (χ2n) is 4.04. The molecule has 1 atom stereocenters. The normalized spacial score (nSPS) is 15.9. The highest BCUT2D eigenvalue weighted by Gasteiger charge is 2.51. The van der Waals surface area contributed by atoms with E-state index >= 15 is 0 Å². The Bertz CT molecular complexity index is 599. The number of halogens is 5. The van der Waals surface area contributed by atoms with Crippen LogP contribution in [0.25, 0.3) is 11.0 Å². The first-order valence-electron chi connectivity index (χ1n) is 4.84. The van der Waals surface area contributed by atoms with E-state index in [0.717, 1.165) is 12.1 Å². The van der Waals surface area contributed by atoms with Gasteiger partial charge in [-0.25, -0.2) is 13.8 Å². The van der Waals surface area contributed by atoms with Crippen LogP contribution < -0.4 is 5.73 Å². The van der Waals surface area contributed by atoms with Gasteiger partial charge in [0.05, 0.1) is 5.52 Å². The van der Waals surface area contributed by atoms with E-state index in [-0.39, 0.29) is 5.52 Å². The van der Waals surface area contributed by atoms with Gasteiger partial charge in [-0.1, -0.05) is 0 Å². The van der Waals surface area contributed by atoms with Gasteiger partial charge in [-0.2, -0.15) is 13.2 Å². The Morgan fingerprint density at radius 1 is 1.22 bits per heavy atom. The number of hydrogen-bond acceptors (Lipinski definition) is 2. The minimum absolute atomic E-state index is 0.0511. The highest BCUT2D eigenvalue weighted by molar-refractivity contribution is 5.76. The maximum Gasteiger partial charge on any atom is 0.413 e. The van der Waals surface area contributed by atoms with Crippen molar-refractivity contribution in [1.29, 1.82) is 0 Å². The molecule has 0 bridgehead atoms. The number of rotatable bonds is 1. The molecule has 1 aromatic carbocycles. The minimum Gasteiger partial charge on any atom is -0.340 e. The molecule has 3 nitrogen and oxygen atoms in total. The quantitative estimate of drug-likeness (QED) is 0.778. The van der Waals surface area contributed by atoms with Gasteiger partial charge in [0.25, 0.3) is 0 Å². The Hall–Kier alpha value is -1.70. The Labute approximate surface area is 97.8 Å². The molecule has 1 heterocycles. The van der Waals surface area contributed by atoms with Gasteiger partial charge >= 0.3 is 6.18 Å². The van der Waals surface area contributed by atoms with Crippen molar-refractivity contribution in [2.24, 2.45) is 5.73 Å². The summed E-state index contributed by atoms with van der Waals surface area (Å²) < 4.78 is 64.2. The summed E-state index contributed by atoms with van der Waals surface area (Å²) in [5.41, 5.74) is 1.80. The summed E-state index contributed by atoms with van der Waals surface area (Å²) in [4.78, 5) is 5.64. The number of H-pyrrole nitrogens is 1. The fourth-order valence-corrected chi connectivity index (χ4v) is 1.40. The number of fused-ring (bicyclic) bond motifs is 1. The number of nitrogens with one attached hydrogen (secondary N) is 1. The summed E-state index contributed by atoms with van der Waals surface area (Å²) in [5, 5.41) is 0. The Morgan fingerprint density at radius 3 is 2.39 bits per heavy atom. The monoisotopic (exact) mass is 265 g/mol. The predicted molar refractivity (Wildman–Crippen MR) is 53.6 cm³/mol. The van der Waals surface area contributed by atoms with Crippen molar-refractivity contribution < 1.29 is 22.0 Å². The van der Waals surface area contributed by atoms with Crippen LogP contribution in [0.5, 0.6) is 0 Å². The zero-order valence-corrected chi connectivity index (χ0v) is 9.07. The van der Waals surface area contributed by atoms with Gasteiger partial charge in [-0.05, 0) is 19.1 Å². The molecule has 0 aliphatic carbocycles. The summed E-state index contributed by atoms with van der Waals surface area (Å²) in [7, 11) is 0. The van der Waals surface area contributed by atoms with E-state index in [0.29, 0.717) is 6.92 Å². The lowest BCUT2D eigenvalue weighted by Crippen LogP contribution is -2.48. The van der Waals surface area contributed by atoms with Gasteiger partial charge in [-0.15, -0.1) is 0 Å². The van der Waals surface area contributed by atoms with Crippen molar-refractivity contribution >= 4 is 11.0 Å². The highest BCUT2D eigenvalue weighted by Crippen LogP contribution is 2.35. The topological polar surface area (TPSA) is 54.7 Å². The minimum atomic E-state index is -4.77. The van der Waals surface area contributed by atoms with Gasteiger partial charge in [-0.3, -0.25) is 0 Å². The predicted octanol–water partition coefficient (Wildman–Crippen LogP) is 2.58. The summed E-state index contributed by atoms with van der Waals surface area (Å²) >= 11 is 0. The van der Waals surface area contributed by atoms with E-state index in [1.165, 1.54) is 0 Å². The largest absolute Gasteiger partial charge is 0.413 e. The van der Waals surface area contributed by atoms with Crippen LogP contribution in [-0.4, -0.2) is 16.1 Å². The van der Waals surface area contributed by atoms with Crippen molar-refractivity contribution in [1.82, 2.24) is 9.97 Å². The van der Waals surface area contributed by atoms with Gasteiger partial charge in [0.2, 0.25) is 0 Å². The van der Waals surface area contributed by atoms with Crippen molar-refractivity contribution in [3.05, 3.63) is 29.6 Å². The van der Waals surface area contributed by atoms with Crippen LogP contribution in [0.1, 0.15) is 12.7 Å². The molecule has 0 saturated heterocycles. The van der Waals surface area contributed by atoms with E-state index in [2.05, 4.69) is 9.97 Å². The average Bonchev–Trinajstić information content (AvgIpc) is 2.67. The number of imidazole rings is 1. The van der Waals surface area contributed by atoms with Crippen LogP contribution in [-0.2, 0) is 5.54 Å². The second-order valence-corrected chi connectivity index (χ2v) is 4.04. The zero-order valence-electron chi connectivity index (χ0n) is 9.07. The lowest BCUT2D eigenvalue weighted by molar-refractivity contribution is -0.186. The van der Waals surface area contributed by atoms with Gasteiger partial charge < -0.3 is 10.7 Å². The molecule has 0 aliphatic heterocycles. The molecule has 0 fully saturated rings. The van der Waals surface area contributed by atoms with Gasteiger partial charge in [0.15, 0.2) is 17.2 Å². The highest BCUT2D eigenvalue weighted by atomic mass is 19.4. The maximum atomic E-state index is 13.3. The molecule has 18 heavy (non-hydrogen) atoms. The molecular weight excluding hydrogens is 257 g/mol. The van der Waals surface area contributed by atoms with Crippen LogP contribution in [0, 0.1) is 11.6 Å². The first-order chi connectivity index (χ1) is 8.14. The molecule has 98 valence electrons. The standard InChI is InChI=1S/C10H8F5N3/c1-9(16,10(13,14)15)8-17-5-3-2-4(11)6(12)7(5)18-8/h2-3H,16H2,1H3,(H,17,18). The summed E-state index contributed by atoms with van der Waals surface area (Å²) in [5.74, 6) is -3.17. The lowest BCUT2D eigenvalue weighted by atomic mass is 10.0. The fourth-order valence-electron chi connectivity index (χ4n) is 1.40. The van der Waals surface area contributed by atoms with Crippen LogP contribution in [0.4, 0.5) is 22.0 Å². The molecule has 0 spiro atoms. The van der Waals surface area contributed by atoms with Crippen LogP contribution in [0.2, 0.25) is 0 Å². The third kappa shape index (κ3) is 1.72. The first-order valence-corrected chi connectivity index (χ1v) is 4.84. The molecule has 2 aromatic rings. The van der Waals surface area contributed by atoms with Crippen LogP contribution >= 0.6 is 0 Å². The molecule has 1 unspecified atom stereocenters. The smallest absolute Gasteiger partial charge is 0.340 e. The molecule has 8 heteroatoms. The second kappa shape index (κ2) is 3.64. The number of alkyl halides is 3. The van der Waals surface area contributed by atoms with E-state index < -0.39 is 34.7 Å².